The van der Waals surface area contributed by atoms with Crippen molar-refractivity contribution in [3.05, 3.63) is 41.3 Å². The summed E-state index contributed by atoms with van der Waals surface area (Å²) in [6.45, 7) is 0. The number of amides is 1. The first-order valence-electron chi connectivity index (χ1n) is 5.09. The molecule has 3 heteroatoms. The number of thiophene rings is 1. The molecule has 0 bridgehead atoms. The van der Waals surface area contributed by atoms with Gasteiger partial charge in [0.1, 0.15) is 0 Å². The molecule has 0 saturated heterocycles. The molecule has 0 saturated carbocycles. The van der Waals surface area contributed by atoms with Crippen LogP contribution in [0.4, 0.5) is 5.69 Å². The summed E-state index contributed by atoms with van der Waals surface area (Å²) >= 11 is 1.68. The van der Waals surface area contributed by atoms with Crippen molar-refractivity contribution in [3.63, 3.8) is 0 Å². The number of rotatable bonds is 0. The van der Waals surface area contributed by atoms with Crippen molar-refractivity contribution >= 4 is 43.8 Å². The fraction of sp³-hybridized carbons (Fsp3) is 0. The van der Waals surface area contributed by atoms with Crippen LogP contribution in [0.3, 0.4) is 0 Å². The van der Waals surface area contributed by atoms with Gasteiger partial charge < -0.3 is 5.32 Å². The Morgan fingerprint density at radius 1 is 1.12 bits per heavy atom. The second kappa shape index (κ2) is 2.62. The third-order valence-electron chi connectivity index (χ3n) is 3.09. The standard InChI is InChI=1S/C13H7NOS/c15-13-9-6-11-7(4-5-16-11)8-2-1-3-10(14-13)12(8)9/h1-6H,(H,14,15). The number of benzene rings is 2. The van der Waals surface area contributed by atoms with Crippen LogP contribution < -0.4 is 5.32 Å². The molecule has 0 aliphatic carbocycles. The van der Waals surface area contributed by atoms with Crippen LogP contribution in [0, 0.1) is 0 Å². The number of hydrogen-bond acceptors (Lipinski definition) is 2. The molecule has 0 radical (unpaired) electrons. The second-order valence-electron chi connectivity index (χ2n) is 3.94. The molecule has 1 aliphatic heterocycles. The van der Waals surface area contributed by atoms with Crippen molar-refractivity contribution in [1.82, 2.24) is 0 Å². The average molecular weight is 225 g/mol. The predicted molar refractivity (Wildman–Crippen MR) is 67.3 cm³/mol. The van der Waals surface area contributed by atoms with Gasteiger partial charge in [0.05, 0.1) is 5.56 Å². The van der Waals surface area contributed by atoms with Crippen molar-refractivity contribution < 1.29 is 4.79 Å². The number of nitrogens with one attached hydrogen (secondary N) is 1. The Bertz CT molecular complexity index is 757. The first kappa shape index (κ1) is 8.30. The smallest absolute Gasteiger partial charge is 0.256 e. The van der Waals surface area contributed by atoms with Gasteiger partial charge in [0.25, 0.3) is 5.91 Å². The van der Waals surface area contributed by atoms with E-state index in [0.29, 0.717) is 0 Å². The van der Waals surface area contributed by atoms with E-state index in [1.807, 2.05) is 18.2 Å². The Morgan fingerprint density at radius 2 is 2.06 bits per heavy atom. The van der Waals surface area contributed by atoms with E-state index >= 15 is 0 Å². The topological polar surface area (TPSA) is 29.1 Å². The zero-order valence-electron chi connectivity index (χ0n) is 8.28. The Labute approximate surface area is 95.5 Å². The van der Waals surface area contributed by atoms with Gasteiger partial charge in [-0.3, -0.25) is 4.79 Å². The van der Waals surface area contributed by atoms with Gasteiger partial charge in [0.2, 0.25) is 0 Å². The van der Waals surface area contributed by atoms with Crippen LogP contribution in [0.15, 0.2) is 35.7 Å². The monoisotopic (exact) mass is 225 g/mol. The quantitative estimate of drug-likeness (QED) is 0.622. The Hall–Kier alpha value is -1.87. The highest BCUT2D eigenvalue weighted by atomic mass is 32.1. The Kier molecular flexibility index (Phi) is 1.36. The van der Waals surface area contributed by atoms with Crippen LogP contribution in [0.5, 0.6) is 0 Å². The highest BCUT2D eigenvalue weighted by molar-refractivity contribution is 7.17. The van der Waals surface area contributed by atoms with Crippen LogP contribution >= 0.6 is 11.3 Å². The zero-order valence-corrected chi connectivity index (χ0v) is 9.10. The van der Waals surface area contributed by atoms with Crippen molar-refractivity contribution in [2.75, 3.05) is 5.32 Å². The number of fused-ring (bicyclic) bond motifs is 2. The third-order valence-corrected chi connectivity index (χ3v) is 3.95. The van der Waals surface area contributed by atoms with E-state index in [9.17, 15) is 4.79 Å². The van der Waals surface area contributed by atoms with Gasteiger partial charge in [-0.1, -0.05) is 12.1 Å². The summed E-state index contributed by atoms with van der Waals surface area (Å²) < 4.78 is 1.18. The molecule has 1 N–H and O–H groups in total. The maximum Gasteiger partial charge on any atom is 0.256 e. The van der Waals surface area contributed by atoms with Crippen molar-refractivity contribution in [2.24, 2.45) is 0 Å². The third kappa shape index (κ3) is 0.847. The van der Waals surface area contributed by atoms with Crippen molar-refractivity contribution in [1.29, 1.82) is 0 Å². The minimum absolute atomic E-state index is 0.0153. The molecule has 2 aromatic carbocycles. The normalized spacial score (nSPS) is 13.6. The lowest BCUT2D eigenvalue weighted by Gasteiger charge is -2.00. The summed E-state index contributed by atoms with van der Waals surface area (Å²) in [7, 11) is 0. The lowest BCUT2D eigenvalue weighted by molar-refractivity contribution is 0.103. The summed E-state index contributed by atoms with van der Waals surface area (Å²) in [4.78, 5) is 11.8. The molecule has 1 aromatic heterocycles. The van der Waals surface area contributed by atoms with E-state index in [-0.39, 0.29) is 5.91 Å². The first-order chi connectivity index (χ1) is 7.84. The van der Waals surface area contributed by atoms with Crippen LogP contribution in [0.1, 0.15) is 10.4 Å². The van der Waals surface area contributed by atoms with Gasteiger partial charge in [0, 0.05) is 21.2 Å². The number of carbonyl (C=O) groups excluding carboxylic acids is 1. The summed E-state index contributed by atoms with van der Waals surface area (Å²) in [5.41, 5.74) is 1.74. The average Bonchev–Trinajstić information content (AvgIpc) is 2.86. The van der Waals surface area contributed by atoms with Gasteiger partial charge in [0.15, 0.2) is 0 Å². The summed E-state index contributed by atoms with van der Waals surface area (Å²) in [6.07, 6.45) is 0. The van der Waals surface area contributed by atoms with Crippen LogP contribution in [-0.2, 0) is 0 Å². The van der Waals surface area contributed by atoms with Crippen molar-refractivity contribution in [2.45, 2.75) is 0 Å². The summed E-state index contributed by atoms with van der Waals surface area (Å²) in [5.74, 6) is 0.0153. The molecule has 16 heavy (non-hydrogen) atoms. The zero-order chi connectivity index (χ0) is 10.7. The molecule has 0 atom stereocenters. The van der Waals surface area contributed by atoms with Crippen molar-refractivity contribution in [3.8, 4) is 0 Å². The maximum atomic E-state index is 11.8. The van der Waals surface area contributed by atoms with E-state index in [1.165, 1.54) is 15.5 Å². The van der Waals surface area contributed by atoms with E-state index in [1.54, 1.807) is 11.3 Å². The molecule has 2 heterocycles. The van der Waals surface area contributed by atoms with Gasteiger partial charge in [-0.15, -0.1) is 11.3 Å². The molecule has 3 aromatic rings. The Morgan fingerprint density at radius 3 is 3.00 bits per heavy atom. The SMILES string of the molecule is O=C1Nc2cccc3c2c1cc1sccc13. The summed E-state index contributed by atoms with van der Waals surface area (Å²) in [6, 6.07) is 10.1. The molecule has 4 rings (SSSR count). The largest absolute Gasteiger partial charge is 0.321 e. The molecule has 1 amide bonds. The molecule has 0 fully saturated rings. The number of carbonyl (C=O) groups is 1. The molecule has 1 aliphatic rings. The second-order valence-corrected chi connectivity index (χ2v) is 4.89. The molecule has 76 valence electrons. The van der Waals surface area contributed by atoms with Gasteiger partial charge >= 0.3 is 0 Å². The van der Waals surface area contributed by atoms with E-state index in [4.69, 9.17) is 0 Å². The predicted octanol–water partition coefficient (Wildman–Crippen LogP) is 3.62. The van der Waals surface area contributed by atoms with Crippen LogP contribution in [0.2, 0.25) is 0 Å². The lowest BCUT2D eigenvalue weighted by Crippen LogP contribution is -2.03. The minimum Gasteiger partial charge on any atom is -0.321 e. The summed E-state index contributed by atoms with van der Waals surface area (Å²) in [5, 5.41) is 8.45. The van der Waals surface area contributed by atoms with Crippen LogP contribution in [0.25, 0.3) is 20.9 Å². The fourth-order valence-corrected chi connectivity index (χ4v) is 3.24. The van der Waals surface area contributed by atoms with E-state index in [0.717, 1.165) is 16.6 Å². The number of anilines is 1. The molecular weight excluding hydrogens is 218 g/mol. The fourth-order valence-electron chi connectivity index (χ4n) is 2.40. The maximum absolute atomic E-state index is 11.8. The molecular formula is C13H7NOS. The lowest BCUT2D eigenvalue weighted by atomic mass is 10.0. The van der Waals surface area contributed by atoms with Gasteiger partial charge in [-0.05, 0) is 29.0 Å². The highest BCUT2D eigenvalue weighted by Gasteiger charge is 2.22. The van der Waals surface area contributed by atoms with Gasteiger partial charge in [-0.25, -0.2) is 0 Å². The van der Waals surface area contributed by atoms with Gasteiger partial charge in [-0.2, -0.15) is 0 Å². The first-order valence-corrected chi connectivity index (χ1v) is 5.97. The van der Waals surface area contributed by atoms with Crippen LogP contribution in [-0.4, -0.2) is 5.91 Å². The molecule has 0 spiro atoms. The highest BCUT2D eigenvalue weighted by Crippen LogP contribution is 2.39. The van der Waals surface area contributed by atoms with E-state index in [2.05, 4.69) is 22.8 Å². The number of hydrogen-bond donors (Lipinski definition) is 1. The minimum atomic E-state index is 0.0153. The molecule has 0 unspecified atom stereocenters. The molecule has 2 nitrogen and oxygen atoms in total. The van der Waals surface area contributed by atoms with E-state index < -0.39 is 0 Å². The Balaban J connectivity index is 2.39.